The Morgan fingerprint density at radius 3 is 2.91 bits per heavy atom. The highest BCUT2D eigenvalue weighted by molar-refractivity contribution is 8.14. The van der Waals surface area contributed by atoms with Gasteiger partial charge in [-0.25, -0.2) is 9.18 Å². The maximum absolute atomic E-state index is 12.7. The zero-order valence-corrected chi connectivity index (χ0v) is 13.7. The van der Waals surface area contributed by atoms with Gasteiger partial charge in [0.25, 0.3) is 0 Å². The molecule has 0 aromatic rings. The summed E-state index contributed by atoms with van der Waals surface area (Å²) in [6, 6.07) is -0.391. The summed E-state index contributed by atoms with van der Waals surface area (Å²) in [6.45, 7) is 8.63. The number of nitrogens with zero attached hydrogens (tertiary/aromatic N) is 2. The van der Waals surface area contributed by atoms with Crippen molar-refractivity contribution < 1.29 is 18.7 Å². The summed E-state index contributed by atoms with van der Waals surface area (Å²) in [5.74, 6) is 0. The van der Waals surface area contributed by atoms with Crippen LogP contribution in [0.25, 0.3) is 0 Å². The lowest BCUT2D eigenvalue weighted by molar-refractivity contribution is 0.0202. The molecule has 0 spiro atoms. The summed E-state index contributed by atoms with van der Waals surface area (Å²) < 4.78 is 23.5. The molecule has 0 saturated carbocycles. The fourth-order valence-corrected chi connectivity index (χ4v) is 2.95. The quantitative estimate of drug-likeness (QED) is 0.748. The minimum atomic E-state index is -0.724. The second kappa shape index (κ2) is 7.00. The zero-order chi connectivity index (χ0) is 16.3. The van der Waals surface area contributed by atoms with Crippen molar-refractivity contribution in [3.8, 4) is 0 Å². The smallest absolute Gasteiger partial charge is 0.416 e. The maximum Gasteiger partial charge on any atom is 0.416 e. The summed E-state index contributed by atoms with van der Waals surface area (Å²) in [5.41, 5.74) is -1.00. The molecule has 0 unspecified atom stereocenters. The van der Waals surface area contributed by atoms with Crippen molar-refractivity contribution in [1.29, 1.82) is 0 Å². The highest BCUT2D eigenvalue weighted by atomic mass is 32.2. The molecule has 2 rings (SSSR count). The molecular formula is C15H19FN2O3S. The van der Waals surface area contributed by atoms with E-state index in [2.05, 4.69) is 24.4 Å². The van der Waals surface area contributed by atoms with Gasteiger partial charge in [-0.15, -0.1) is 6.58 Å². The SMILES string of the molecule is C=CCN(C(=O)OC(C)(C)C)C1=N[C@@H]2[C][C][C@@H](CF)O[C@@H]2S1. The van der Waals surface area contributed by atoms with Crippen LogP contribution in [0.4, 0.5) is 9.18 Å². The molecule has 0 aromatic carbocycles. The third-order valence-electron chi connectivity index (χ3n) is 2.72. The summed E-state index contributed by atoms with van der Waals surface area (Å²) in [7, 11) is 0. The van der Waals surface area contributed by atoms with Crippen LogP contribution in [0.1, 0.15) is 20.8 Å². The van der Waals surface area contributed by atoms with E-state index in [0.29, 0.717) is 5.17 Å². The molecule has 1 fully saturated rings. The largest absolute Gasteiger partial charge is 0.443 e. The molecule has 2 aliphatic rings. The van der Waals surface area contributed by atoms with E-state index in [-0.39, 0.29) is 6.54 Å². The molecule has 0 N–H and O–H groups in total. The third-order valence-corrected chi connectivity index (χ3v) is 3.85. The van der Waals surface area contributed by atoms with Crippen molar-refractivity contribution in [2.45, 2.75) is 44.0 Å². The first-order chi connectivity index (χ1) is 10.3. The minimum Gasteiger partial charge on any atom is -0.443 e. The van der Waals surface area contributed by atoms with E-state index in [1.165, 1.54) is 16.7 Å². The van der Waals surface area contributed by atoms with Crippen LogP contribution in [-0.4, -0.2) is 52.6 Å². The number of carbonyl (C=O) groups excluding carboxylic acids is 1. The van der Waals surface area contributed by atoms with Gasteiger partial charge in [-0.05, 0) is 20.8 Å². The Morgan fingerprint density at radius 1 is 1.59 bits per heavy atom. The number of halogens is 1. The summed E-state index contributed by atoms with van der Waals surface area (Å²) >= 11 is 1.25. The second-order valence-corrected chi connectivity index (χ2v) is 6.86. The van der Waals surface area contributed by atoms with E-state index in [9.17, 15) is 9.18 Å². The number of aliphatic imine (C=N–C) groups is 1. The average Bonchev–Trinajstić information content (AvgIpc) is 2.84. The molecular weight excluding hydrogens is 307 g/mol. The fraction of sp³-hybridized carbons (Fsp3) is 0.600. The number of thioether (sulfide) groups is 1. The lowest BCUT2D eigenvalue weighted by Crippen LogP contribution is -2.39. The molecule has 1 saturated heterocycles. The molecule has 1 amide bonds. The molecule has 0 bridgehead atoms. The van der Waals surface area contributed by atoms with E-state index >= 15 is 0 Å². The summed E-state index contributed by atoms with van der Waals surface area (Å²) in [5, 5.41) is 0.456. The highest BCUT2D eigenvalue weighted by Gasteiger charge is 2.41. The van der Waals surface area contributed by atoms with Crippen LogP contribution in [0.2, 0.25) is 0 Å². The predicted molar refractivity (Wildman–Crippen MR) is 83.1 cm³/mol. The van der Waals surface area contributed by atoms with Crippen LogP contribution in [-0.2, 0) is 9.47 Å². The van der Waals surface area contributed by atoms with E-state index < -0.39 is 36.0 Å². The minimum absolute atomic E-state index is 0.264. The first-order valence-corrected chi connectivity index (χ1v) is 7.80. The number of carbonyl (C=O) groups is 1. The van der Waals surface area contributed by atoms with Crippen LogP contribution in [0.15, 0.2) is 17.6 Å². The topological polar surface area (TPSA) is 51.1 Å². The number of alkyl halides is 1. The Morgan fingerprint density at radius 2 is 2.32 bits per heavy atom. The Labute approximate surface area is 134 Å². The molecule has 2 aliphatic heterocycles. The van der Waals surface area contributed by atoms with Crippen LogP contribution in [0.5, 0.6) is 0 Å². The maximum atomic E-state index is 12.7. The Kier molecular flexibility index (Phi) is 5.50. The van der Waals surface area contributed by atoms with Gasteiger partial charge < -0.3 is 9.47 Å². The lowest BCUT2D eigenvalue weighted by Gasteiger charge is -2.28. The number of amidine groups is 1. The second-order valence-electron chi connectivity index (χ2n) is 5.79. The van der Waals surface area contributed by atoms with Gasteiger partial charge >= 0.3 is 6.09 Å². The fourth-order valence-electron chi connectivity index (χ4n) is 1.84. The van der Waals surface area contributed by atoms with E-state index in [4.69, 9.17) is 9.47 Å². The highest BCUT2D eigenvalue weighted by Crippen LogP contribution is 2.36. The normalized spacial score (nSPS) is 27.8. The van der Waals surface area contributed by atoms with E-state index in [1.54, 1.807) is 26.8 Å². The van der Waals surface area contributed by atoms with E-state index in [0.717, 1.165) is 0 Å². The number of hydrogen-bond donors (Lipinski definition) is 0. The first-order valence-electron chi connectivity index (χ1n) is 6.92. The molecule has 120 valence electrons. The van der Waals surface area contributed by atoms with Crippen molar-refractivity contribution in [1.82, 2.24) is 4.90 Å². The van der Waals surface area contributed by atoms with Gasteiger partial charge in [0.05, 0.1) is 12.1 Å². The molecule has 7 heteroatoms. The van der Waals surface area contributed by atoms with Gasteiger partial charge in [-0.3, -0.25) is 9.89 Å². The van der Waals surface area contributed by atoms with Gasteiger partial charge in [0.15, 0.2) is 5.17 Å². The van der Waals surface area contributed by atoms with Crippen LogP contribution in [0, 0.1) is 12.8 Å². The lowest BCUT2D eigenvalue weighted by atomic mass is 10.1. The Balaban J connectivity index is 2.07. The summed E-state index contributed by atoms with van der Waals surface area (Å²) in [6.07, 6.45) is 5.90. The Bertz CT molecular complexity index is 464. The number of fused-ring (bicyclic) bond motifs is 1. The third kappa shape index (κ3) is 4.23. The molecule has 4 radical (unpaired) electrons. The molecule has 0 aliphatic carbocycles. The predicted octanol–water partition coefficient (Wildman–Crippen LogP) is 2.74. The number of amides is 1. The molecule has 2 heterocycles. The Hall–Kier alpha value is -1.08. The van der Waals surface area contributed by atoms with Gasteiger partial charge in [0, 0.05) is 19.4 Å². The molecule has 22 heavy (non-hydrogen) atoms. The summed E-state index contributed by atoms with van der Waals surface area (Å²) in [4.78, 5) is 18.1. The van der Waals surface area contributed by atoms with Crippen LogP contribution >= 0.6 is 11.8 Å². The van der Waals surface area contributed by atoms with Gasteiger partial charge in [-0.2, -0.15) is 0 Å². The van der Waals surface area contributed by atoms with Crippen LogP contribution < -0.4 is 0 Å². The zero-order valence-electron chi connectivity index (χ0n) is 12.8. The van der Waals surface area contributed by atoms with Gasteiger partial charge in [0.2, 0.25) is 0 Å². The van der Waals surface area contributed by atoms with Gasteiger partial charge in [0.1, 0.15) is 17.7 Å². The first kappa shape index (κ1) is 17.3. The van der Waals surface area contributed by atoms with Crippen molar-refractivity contribution in [2.75, 3.05) is 13.2 Å². The van der Waals surface area contributed by atoms with Crippen LogP contribution in [0.3, 0.4) is 0 Å². The van der Waals surface area contributed by atoms with Gasteiger partial charge in [-0.1, -0.05) is 17.8 Å². The van der Waals surface area contributed by atoms with Crippen molar-refractivity contribution >= 4 is 23.0 Å². The molecule has 3 atom stereocenters. The number of hydrogen-bond acceptors (Lipinski definition) is 5. The van der Waals surface area contributed by atoms with Crippen molar-refractivity contribution in [3.05, 3.63) is 25.5 Å². The number of rotatable bonds is 3. The van der Waals surface area contributed by atoms with Crippen molar-refractivity contribution in [2.24, 2.45) is 4.99 Å². The number of ether oxygens (including phenoxy) is 2. The monoisotopic (exact) mass is 326 g/mol. The van der Waals surface area contributed by atoms with E-state index in [1.807, 2.05) is 0 Å². The van der Waals surface area contributed by atoms with Crippen molar-refractivity contribution in [3.63, 3.8) is 0 Å². The molecule has 5 nitrogen and oxygen atoms in total. The molecule has 0 aromatic heterocycles. The average molecular weight is 326 g/mol. The standard InChI is InChI=1S/C15H19FN2O3S/c1-5-8-18(14(19)21-15(2,3)4)13-17-11-7-6-10(9-16)20-12(11)22-13/h5,10-12H,1,8-9H2,2-4H3/t10-,11+,12+/m0/s1.